The van der Waals surface area contributed by atoms with E-state index >= 15 is 0 Å². The van der Waals surface area contributed by atoms with Gasteiger partial charge in [-0.3, -0.25) is 0 Å². The number of aryl methyl sites for hydroxylation is 2. The van der Waals surface area contributed by atoms with E-state index in [1.165, 1.54) is 16.8 Å². The molecule has 2 aromatic carbocycles. The number of rotatable bonds is 4. The highest BCUT2D eigenvalue weighted by Crippen LogP contribution is 2.31. The van der Waals surface area contributed by atoms with Crippen molar-refractivity contribution in [2.45, 2.75) is 26.7 Å². The fourth-order valence-corrected chi connectivity index (χ4v) is 2.41. The SMILES string of the molecule is CCc1cccc(CC)c1Nc1ccc(N)cc1Cl. The number of anilines is 3. The number of nitrogen functional groups attached to an aromatic ring is 1. The zero-order valence-corrected chi connectivity index (χ0v) is 12.1. The van der Waals surface area contributed by atoms with Gasteiger partial charge in [0.15, 0.2) is 0 Å². The van der Waals surface area contributed by atoms with E-state index in [4.69, 9.17) is 17.3 Å². The van der Waals surface area contributed by atoms with Crippen LogP contribution in [0.5, 0.6) is 0 Å². The van der Waals surface area contributed by atoms with Crippen molar-refractivity contribution in [2.75, 3.05) is 11.1 Å². The molecular formula is C16H19ClN2. The van der Waals surface area contributed by atoms with Crippen molar-refractivity contribution in [1.82, 2.24) is 0 Å². The van der Waals surface area contributed by atoms with Gasteiger partial charge in [-0.05, 0) is 42.2 Å². The molecule has 0 bridgehead atoms. The third kappa shape index (κ3) is 3.02. The monoisotopic (exact) mass is 274 g/mol. The maximum atomic E-state index is 6.23. The Balaban J connectivity index is 2.42. The molecule has 0 atom stereocenters. The second-order valence-corrected chi connectivity index (χ2v) is 4.93. The van der Waals surface area contributed by atoms with Crippen molar-refractivity contribution in [3.63, 3.8) is 0 Å². The van der Waals surface area contributed by atoms with E-state index in [1.807, 2.05) is 12.1 Å². The summed E-state index contributed by atoms with van der Waals surface area (Å²) in [5.41, 5.74) is 11.1. The molecule has 19 heavy (non-hydrogen) atoms. The average molecular weight is 275 g/mol. The zero-order valence-electron chi connectivity index (χ0n) is 11.3. The summed E-state index contributed by atoms with van der Waals surface area (Å²) in [6.07, 6.45) is 1.98. The number of benzene rings is 2. The maximum Gasteiger partial charge on any atom is 0.0661 e. The van der Waals surface area contributed by atoms with Crippen molar-refractivity contribution in [1.29, 1.82) is 0 Å². The molecule has 0 saturated carbocycles. The van der Waals surface area contributed by atoms with Crippen LogP contribution in [0.15, 0.2) is 36.4 Å². The van der Waals surface area contributed by atoms with Crippen LogP contribution >= 0.6 is 11.6 Å². The molecule has 2 nitrogen and oxygen atoms in total. The minimum absolute atomic E-state index is 0.646. The number of nitrogens with two attached hydrogens (primary N) is 1. The molecule has 0 aliphatic heterocycles. The molecule has 3 heteroatoms. The summed E-state index contributed by atoms with van der Waals surface area (Å²) in [4.78, 5) is 0. The number of nitrogens with one attached hydrogen (secondary N) is 1. The van der Waals surface area contributed by atoms with E-state index < -0.39 is 0 Å². The normalized spacial score (nSPS) is 10.5. The molecule has 0 unspecified atom stereocenters. The van der Waals surface area contributed by atoms with E-state index in [2.05, 4.69) is 37.4 Å². The Morgan fingerprint density at radius 2 is 1.68 bits per heavy atom. The molecule has 2 rings (SSSR count). The van der Waals surface area contributed by atoms with Crippen molar-refractivity contribution >= 4 is 28.7 Å². The Morgan fingerprint density at radius 3 is 2.21 bits per heavy atom. The number of para-hydroxylation sites is 1. The fourth-order valence-electron chi connectivity index (χ4n) is 2.17. The first-order valence-corrected chi connectivity index (χ1v) is 6.96. The number of halogens is 1. The third-order valence-corrected chi connectivity index (χ3v) is 3.56. The highest BCUT2D eigenvalue weighted by molar-refractivity contribution is 6.33. The fraction of sp³-hybridized carbons (Fsp3) is 0.250. The molecule has 3 N–H and O–H groups in total. The van der Waals surface area contributed by atoms with E-state index in [-0.39, 0.29) is 0 Å². The Bertz CT molecular complexity index is 557. The van der Waals surface area contributed by atoms with Crippen molar-refractivity contribution in [2.24, 2.45) is 0 Å². The van der Waals surface area contributed by atoms with Gasteiger partial charge in [-0.1, -0.05) is 43.6 Å². The summed E-state index contributed by atoms with van der Waals surface area (Å²) in [7, 11) is 0. The molecule has 2 aromatic rings. The summed E-state index contributed by atoms with van der Waals surface area (Å²) in [6, 6.07) is 11.9. The van der Waals surface area contributed by atoms with Crippen molar-refractivity contribution in [3.05, 3.63) is 52.5 Å². The summed E-state index contributed by atoms with van der Waals surface area (Å²) >= 11 is 6.23. The minimum atomic E-state index is 0.646. The number of hydrogen-bond acceptors (Lipinski definition) is 2. The molecular weight excluding hydrogens is 256 g/mol. The highest BCUT2D eigenvalue weighted by atomic mass is 35.5. The Kier molecular flexibility index (Phi) is 4.33. The van der Waals surface area contributed by atoms with Crippen LogP contribution in [0.1, 0.15) is 25.0 Å². The van der Waals surface area contributed by atoms with Gasteiger partial charge in [0.25, 0.3) is 0 Å². The van der Waals surface area contributed by atoms with E-state index in [0.29, 0.717) is 10.7 Å². The predicted octanol–water partition coefficient (Wildman–Crippen LogP) is 4.79. The van der Waals surface area contributed by atoms with Crippen LogP contribution in [0.2, 0.25) is 5.02 Å². The lowest BCUT2D eigenvalue weighted by molar-refractivity contribution is 1.09. The summed E-state index contributed by atoms with van der Waals surface area (Å²) < 4.78 is 0. The Labute approximate surface area is 119 Å². The van der Waals surface area contributed by atoms with Gasteiger partial charge in [0, 0.05) is 11.4 Å². The molecule has 0 saturated heterocycles. The van der Waals surface area contributed by atoms with Crippen LogP contribution in [0.3, 0.4) is 0 Å². The molecule has 0 aliphatic rings. The van der Waals surface area contributed by atoms with Gasteiger partial charge in [-0.15, -0.1) is 0 Å². The van der Waals surface area contributed by atoms with Gasteiger partial charge < -0.3 is 11.1 Å². The average Bonchev–Trinajstić information content (AvgIpc) is 2.42. The van der Waals surface area contributed by atoms with Gasteiger partial charge >= 0.3 is 0 Å². The maximum absolute atomic E-state index is 6.23. The van der Waals surface area contributed by atoms with Crippen LogP contribution in [0, 0.1) is 0 Å². The van der Waals surface area contributed by atoms with Crippen LogP contribution in [0.25, 0.3) is 0 Å². The summed E-state index contributed by atoms with van der Waals surface area (Å²) in [5.74, 6) is 0. The van der Waals surface area contributed by atoms with Crippen LogP contribution < -0.4 is 11.1 Å². The molecule has 0 fully saturated rings. The lowest BCUT2D eigenvalue weighted by atomic mass is 10.0. The molecule has 0 heterocycles. The topological polar surface area (TPSA) is 38.0 Å². The molecule has 100 valence electrons. The molecule has 0 amide bonds. The van der Waals surface area contributed by atoms with E-state index in [9.17, 15) is 0 Å². The highest BCUT2D eigenvalue weighted by Gasteiger charge is 2.08. The first kappa shape index (κ1) is 13.8. The number of hydrogen-bond donors (Lipinski definition) is 2. The van der Waals surface area contributed by atoms with Gasteiger partial charge in [0.2, 0.25) is 0 Å². The van der Waals surface area contributed by atoms with E-state index in [0.717, 1.165) is 18.5 Å². The lowest BCUT2D eigenvalue weighted by Crippen LogP contribution is -2.00. The summed E-state index contributed by atoms with van der Waals surface area (Å²) in [5, 5.41) is 4.10. The Morgan fingerprint density at radius 1 is 1.05 bits per heavy atom. The molecule has 0 radical (unpaired) electrons. The van der Waals surface area contributed by atoms with Gasteiger partial charge in [0.05, 0.1) is 10.7 Å². The van der Waals surface area contributed by atoms with Crippen LogP contribution in [0.4, 0.5) is 17.1 Å². The Hall–Kier alpha value is -1.67. The second kappa shape index (κ2) is 5.98. The van der Waals surface area contributed by atoms with Crippen molar-refractivity contribution < 1.29 is 0 Å². The zero-order chi connectivity index (χ0) is 13.8. The largest absolute Gasteiger partial charge is 0.399 e. The van der Waals surface area contributed by atoms with Gasteiger partial charge in [-0.2, -0.15) is 0 Å². The lowest BCUT2D eigenvalue weighted by Gasteiger charge is -2.16. The molecule has 0 spiro atoms. The standard InChI is InChI=1S/C16H19ClN2/c1-3-11-6-5-7-12(4-2)16(11)19-15-9-8-13(18)10-14(15)17/h5-10,19H,3-4,18H2,1-2H3. The third-order valence-electron chi connectivity index (χ3n) is 3.25. The van der Waals surface area contributed by atoms with E-state index in [1.54, 1.807) is 6.07 Å². The first-order chi connectivity index (χ1) is 9.15. The first-order valence-electron chi connectivity index (χ1n) is 6.58. The van der Waals surface area contributed by atoms with Crippen LogP contribution in [-0.2, 0) is 12.8 Å². The smallest absolute Gasteiger partial charge is 0.0661 e. The minimum Gasteiger partial charge on any atom is -0.399 e. The van der Waals surface area contributed by atoms with Gasteiger partial charge in [0.1, 0.15) is 0 Å². The molecule has 0 aliphatic carbocycles. The van der Waals surface area contributed by atoms with Crippen LogP contribution in [-0.4, -0.2) is 0 Å². The second-order valence-electron chi connectivity index (χ2n) is 4.52. The molecule has 0 aromatic heterocycles. The quantitative estimate of drug-likeness (QED) is 0.787. The predicted molar refractivity (Wildman–Crippen MR) is 84.3 cm³/mol. The summed E-state index contributed by atoms with van der Waals surface area (Å²) in [6.45, 7) is 4.31. The van der Waals surface area contributed by atoms with Gasteiger partial charge in [-0.25, -0.2) is 0 Å². The van der Waals surface area contributed by atoms with Crippen molar-refractivity contribution in [3.8, 4) is 0 Å².